The van der Waals surface area contributed by atoms with Gasteiger partial charge >= 0.3 is 0 Å². The van der Waals surface area contributed by atoms with Gasteiger partial charge in [0, 0.05) is 12.2 Å². The molecule has 10 unspecified atom stereocenters. The van der Waals surface area contributed by atoms with E-state index in [4.69, 9.17) is 8.85 Å². The summed E-state index contributed by atoms with van der Waals surface area (Å²) in [4.78, 5) is 0. The molecule has 0 aromatic carbocycles. The van der Waals surface area contributed by atoms with Gasteiger partial charge in [0.15, 0.2) is 16.6 Å². The Kier molecular flexibility index (Phi) is 8.99. The maximum Gasteiger partial charge on any atom is 0.184 e. The molecule has 4 fully saturated rings. The van der Waals surface area contributed by atoms with Gasteiger partial charge in [-0.3, -0.25) is 0 Å². The lowest BCUT2D eigenvalue weighted by Gasteiger charge is -2.63. The number of hydrogen-bond donors (Lipinski definition) is 0. The molecule has 10 atom stereocenters. The Bertz CT molecular complexity index is 769. The van der Waals surface area contributed by atoms with Crippen molar-refractivity contribution in [1.82, 2.24) is 0 Å². The van der Waals surface area contributed by atoms with E-state index >= 15 is 0 Å². The Morgan fingerprint density at radius 2 is 1.32 bits per heavy atom. The molecule has 0 bridgehead atoms. The molecule has 0 aliphatic heterocycles. The number of hydrogen-bond acceptors (Lipinski definition) is 2. The molecule has 37 heavy (non-hydrogen) atoms. The van der Waals surface area contributed by atoms with Gasteiger partial charge in [-0.1, -0.05) is 53.9 Å². The Morgan fingerprint density at radius 3 is 1.95 bits per heavy atom. The van der Waals surface area contributed by atoms with Crippen molar-refractivity contribution < 1.29 is 8.85 Å². The van der Waals surface area contributed by atoms with Crippen molar-refractivity contribution in [3.63, 3.8) is 0 Å². The van der Waals surface area contributed by atoms with Crippen LogP contribution >= 0.6 is 0 Å². The second kappa shape index (κ2) is 11.0. The molecule has 0 amide bonds. The monoisotopic (exact) mass is 548 g/mol. The van der Waals surface area contributed by atoms with Crippen molar-refractivity contribution in [2.75, 3.05) is 0 Å². The SMILES string of the molecule is CC(C)CCCC(C)C1CCC2C3CC(O[Si](C)(C)C)C4CC(O[Si](C)(C)C)CCC4(C)C3CCC12C. The van der Waals surface area contributed by atoms with Crippen molar-refractivity contribution in [3.8, 4) is 0 Å². The molecule has 0 aromatic rings. The standard InChI is InChI=1S/C33H64O2Si2/c1-23(2)13-12-14-24(3)27-15-16-28-26-22-31(35-37(9,10)11)30-21-25(34-36(6,7)8)17-19-33(30,5)29(26)18-20-32(27,28)4/h23-31H,12-22H2,1-11H3. The molecule has 4 saturated carbocycles. The fourth-order valence-corrected chi connectivity index (χ4v) is 12.8. The lowest BCUT2D eigenvalue weighted by molar-refractivity contribution is -0.166. The van der Waals surface area contributed by atoms with Gasteiger partial charge in [-0.15, -0.1) is 0 Å². The molecule has 0 spiro atoms. The van der Waals surface area contributed by atoms with Crippen molar-refractivity contribution in [3.05, 3.63) is 0 Å². The Balaban J connectivity index is 1.56. The molecule has 4 heteroatoms. The van der Waals surface area contributed by atoms with E-state index in [1.54, 1.807) is 0 Å². The summed E-state index contributed by atoms with van der Waals surface area (Å²) in [5.74, 6) is 6.06. The first-order valence-corrected chi connectivity index (χ1v) is 23.2. The van der Waals surface area contributed by atoms with E-state index in [0.717, 1.165) is 35.5 Å². The minimum Gasteiger partial charge on any atom is -0.415 e. The first-order chi connectivity index (χ1) is 17.0. The number of fused-ring (bicyclic) bond motifs is 5. The summed E-state index contributed by atoms with van der Waals surface area (Å²) in [5.41, 5.74) is 0.998. The normalized spacial score (nSPS) is 43.3. The molecule has 0 aromatic heterocycles. The lowest BCUT2D eigenvalue weighted by atomic mass is 9.43. The third-order valence-corrected chi connectivity index (χ3v) is 13.9. The van der Waals surface area contributed by atoms with Crippen LogP contribution in [0.2, 0.25) is 39.3 Å². The highest BCUT2D eigenvalue weighted by atomic mass is 28.4. The highest BCUT2D eigenvalue weighted by molar-refractivity contribution is 6.70. The largest absolute Gasteiger partial charge is 0.415 e. The van der Waals surface area contributed by atoms with E-state index in [-0.39, 0.29) is 0 Å². The van der Waals surface area contributed by atoms with Crippen molar-refractivity contribution in [2.45, 2.75) is 157 Å². The van der Waals surface area contributed by atoms with Gasteiger partial charge in [-0.25, -0.2) is 0 Å². The third-order valence-electron chi connectivity index (χ3n) is 11.8. The van der Waals surface area contributed by atoms with Gasteiger partial charge in [-0.05, 0) is 143 Å². The highest BCUT2D eigenvalue weighted by Gasteiger charge is 2.63. The highest BCUT2D eigenvalue weighted by Crippen LogP contribution is 2.69. The summed E-state index contributed by atoms with van der Waals surface area (Å²) < 4.78 is 13.9. The van der Waals surface area contributed by atoms with Gasteiger partial charge in [-0.2, -0.15) is 0 Å². The molecule has 0 N–H and O–H groups in total. The Morgan fingerprint density at radius 1 is 0.703 bits per heavy atom. The van der Waals surface area contributed by atoms with E-state index < -0.39 is 16.6 Å². The molecule has 2 nitrogen and oxygen atoms in total. The predicted octanol–water partition coefficient (Wildman–Crippen LogP) is 10.2. The van der Waals surface area contributed by atoms with E-state index in [1.165, 1.54) is 70.6 Å². The van der Waals surface area contributed by atoms with Crippen LogP contribution in [0.1, 0.15) is 105 Å². The molecule has 0 heterocycles. The molecule has 4 aliphatic carbocycles. The van der Waals surface area contributed by atoms with Crippen LogP contribution < -0.4 is 0 Å². The van der Waals surface area contributed by atoms with Gasteiger partial charge in [0.25, 0.3) is 0 Å². The molecule has 0 saturated heterocycles. The van der Waals surface area contributed by atoms with Gasteiger partial charge < -0.3 is 8.85 Å². The summed E-state index contributed by atoms with van der Waals surface area (Å²) in [6.07, 6.45) is 16.3. The third kappa shape index (κ3) is 6.48. The average Bonchev–Trinajstić information content (AvgIpc) is 3.10. The summed E-state index contributed by atoms with van der Waals surface area (Å²) in [7, 11) is -3.14. The minimum atomic E-state index is -1.62. The van der Waals surface area contributed by atoms with Gasteiger partial charge in [0.1, 0.15) is 0 Å². The van der Waals surface area contributed by atoms with Crippen LogP contribution in [0.15, 0.2) is 0 Å². The van der Waals surface area contributed by atoms with E-state index in [0.29, 0.717) is 29.0 Å². The van der Waals surface area contributed by atoms with Crippen LogP contribution in [0.3, 0.4) is 0 Å². The molecule has 4 aliphatic rings. The molecular formula is C33H64O2Si2. The van der Waals surface area contributed by atoms with E-state index in [1.807, 2.05) is 0 Å². The zero-order chi connectivity index (χ0) is 27.4. The smallest absolute Gasteiger partial charge is 0.184 e. The van der Waals surface area contributed by atoms with Crippen LogP contribution in [-0.2, 0) is 8.85 Å². The van der Waals surface area contributed by atoms with Crippen molar-refractivity contribution >= 4 is 16.6 Å². The van der Waals surface area contributed by atoms with Crippen LogP contribution in [0.4, 0.5) is 0 Å². The Hall–Kier alpha value is 0.354. The fraction of sp³-hybridized carbons (Fsp3) is 1.00. The maximum atomic E-state index is 7.17. The first-order valence-electron chi connectivity index (χ1n) is 16.4. The second-order valence-corrected chi connectivity index (χ2v) is 26.1. The van der Waals surface area contributed by atoms with Crippen LogP contribution in [0, 0.1) is 52.3 Å². The molecule has 0 radical (unpaired) electrons. The zero-order valence-electron chi connectivity index (χ0n) is 26.8. The van der Waals surface area contributed by atoms with E-state index in [9.17, 15) is 0 Å². The number of rotatable bonds is 9. The van der Waals surface area contributed by atoms with Gasteiger partial charge in [0.2, 0.25) is 0 Å². The summed E-state index contributed by atoms with van der Waals surface area (Å²) >= 11 is 0. The second-order valence-electron chi connectivity index (χ2n) is 17.2. The quantitative estimate of drug-likeness (QED) is 0.267. The first kappa shape index (κ1) is 30.3. The van der Waals surface area contributed by atoms with Crippen molar-refractivity contribution in [2.24, 2.45) is 52.3 Å². The van der Waals surface area contributed by atoms with Crippen LogP contribution in [-0.4, -0.2) is 28.8 Å². The summed E-state index contributed by atoms with van der Waals surface area (Å²) in [6.45, 7) is 27.2. The average molecular weight is 549 g/mol. The van der Waals surface area contributed by atoms with Crippen LogP contribution in [0.25, 0.3) is 0 Å². The summed E-state index contributed by atoms with van der Waals surface area (Å²) in [5, 5.41) is 0. The fourth-order valence-electron chi connectivity index (χ4n) is 10.4. The molecule has 4 rings (SSSR count). The minimum absolute atomic E-state index is 0.439. The predicted molar refractivity (Wildman–Crippen MR) is 165 cm³/mol. The topological polar surface area (TPSA) is 18.5 Å². The molecular weight excluding hydrogens is 485 g/mol. The lowest BCUT2D eigenvalue weighted by Crippen LogP contribution is -2.60. The van der Waals surface area contributed by atoms with Gasteiger partial charge in [0.05, 0.1) is 0 Å². The molecule has 216 valence electrons. The zero-order valence-corrected chi connectivity index (χ0v) is 28.8. The maximum absolute atomic E-state index is 7.17. The summed E-state index contributed by atoms with van der Waals surface area (Å²) in [6, 6.07) is 0. The van der Waals surface area contributed by atoms with Crippen molar-refractivity contribution in [1.29, 1.82) is 0 Å². The van der Waals surface area contributed by atoms with Crippen LogP contribution in [0.5, 0.6) is 0 Å². The Labute approximate surface area is 234 Å². The van der Waals surface area contributed by atoms with E-state index in [2.05, 4.69) is 73.9 Å².